The molecule has 0 aromatic carbocycles. The van der Waals surface area contributed by atoms with Crippen molar-refractivity contribution in [2.45, 2.75) is 46.1 Å². The highest BCUT2D eigenvalue weighted by molar-refractivity contribution is 5.87. The highest BCUT2D eigenvalue weighted by Crippen LogP contribution is 2.20. The van der Waals surface area contributed by atoms with Crippen LogP contribution in [0, 0.1) is 0 Å². The zero-order valence-electron chi connectivity index (χ0n) is 9.14. The summed E-state index contributed by atoms with van der Waals surface area (Å²) >= 11 is 0. The van der Waals surface area contributed by atoms with Crippen molar-refractivity contribution in [3.63, 3.8) is 0 Å². The lowest BCUT2D eigenvalue weighted by molar-refractivity contribution is -0.153. The van der Waals surface area contributed by atoms with Crippen LogP contribution in [0.1, 0.15) is 40.5 Å². The molecule has 13 heavy (non-hydrogen) atoms. The maximum Gasteiger partial charge on any atom is 0.333 e. The number of carbonyl (C=O) groups excluding carboxylic acids is 1. The Morgan fingerprint density at radius 1 is 1.38 bits per heavy atom. The topological polar surface area (TPSA) is 61.3 Å². The molecule has 0 aromatic rings. The molecule has 0 atom stereocenters. The second kappa shape index (κ2) is 5.75. The second-order valence-electron chi connectivity index (χ2n) is 3.33. The summed E-state index contributed by atoms with van der Waals surface area (Å²) in [5.41, 5.74) is 0.138. The number of rotatable bonds is 4. The molecule has 0 aromatic heterocycles. The van der Waals surface area contributed by atoms with Crippen LogP contribution in [0.3, 0.4) is 0 Å². The molecule has 0 aliphatic carbocycles. The molecule has 0 aliphatic rings. The van der Waals surface area contributed by atoms with Crippen molar-refractivity contribution in [3.8, 4) is 0 Å². The Bertz CT molecular complexity index is 183. The van der Waals surface area contributed by atoms with Crippen LogP contribution in [0.5, 0.6) is 0 Å². The lowest BCUT2D eigenvalue weighted by atomic mass is 10.00. The van der Waals surface area contributed by atoms with Gasteiger partial charge in [0.1, 0.15) is 5.60 Å². The summed E-state index contributed by atoms with van der Waals surface area (Å²) in [4.78, 5) is 11.2. The Labute approximate surface area is 80.7 Å². The summed E-state index contributed by atoms with van der Waals surface area (Å²) in [6.07, 6.45) is 1.67. The van der Waals surface area contributed by atoms with E-state index in [4.69, 9.17) is 4.74 Å². The number of esters is 1. The molecule has 0 bridgehead atoms. The van der Waals surface area contributed by atoms with Crippen LogP contribution in [0.15, 0.2) is 12.2 Å². The molecule has 0 rings (SSSR count). The fourth-order valence-corrected chi connectivity index (χ4v) is 0.705. The van der Waals surface area contributed by atoms with E-state index in [1.165, 1.54) is 0 Å². The summed E-state index contributed by atoms with van der Waals surface area (Å²) in [5.74, 6) is -0.291. The highest BCUT2D eigenvalue weighted by atomic mass is 16.6. The summed E-state index contributed by atoms with van der Waals surface area (Å²) in [6, 6.07) is 0. The zero-order valence-corrected chi connectivity index (χ0v) is 9.14. The van der Waals surface area contributed by atoms with E-state index in [0.29, 0.717) is 5.57 Å². The van der Waals surface area contributed by atoms with Gasteiger partial charge < -0.3 is 10.9 Å². The van der Waals surface area contributed by atoms with Crippen LogP contribution in [0.4, 0.5) is 0 Å². The van der Waals surface area contributed by atoms with Gasteiger partial charge >= 0.3 is 5.97 Å². The molecule has 0 fully saturated rings. The van der Waals surface area contributed by atoms with Crippen molar-refractivity contribution in [2.24, 2.45) is 0 Å². The van der Waals surface area contributed by atoms with E-state index in [-0.39, 0.29) is 17.7 Å². The van der Waals surface area contributed by atoms with Gasteiger partial charge in [-0.05, 0) is 26.7 Å². The van der Waals surface area contributed by atoms with E-state index >= 15 is 0 Å². The van der Waals surface area contributed by atoms with Crippen molar-refractivity contribution in [2.75, 3.05) is 0 Å². The van der Waals surface area contributed by atoms with Gasteiger partial charge in [0.25, 0.3) is 0 Å². The molecule has 0 saturated carbocycles. The molecule has 0 heterocycles. The lowest BCUT2D eigenvalue weighted by Gasteiger charge is -2.26. The van der Waals surface area contributed by atoms with Crippen LogP contribution in [-0.4, -0.2) is 11.6 Å². The minimum Gasteiger partial charge on any atom is -0.456 e. The molecule has 0 spiro atoms. The van der Waals surface area contributed by atoms with Gasteiger partial charge in [-0.1, -0.05) is 20.4 Å². The van der Waals surface area contributed by atoms with Crippen molar-refractivity contribution in [1.82, 2.24) is 6.15 Å². The third-order valence-electron chi connectivity index (χ3n) is 2.18. The lowest BCUT2D eigenvalue weighted by Crippen LogP contribution is -2.30. The fourth-order valence-electron chi connectivity index (χ4n) is 0.705. The second-order valence-corrected chi connectivity index (χ2v) is 3.33. The predicted octanol–water partition coefficient (Wildman–Crippen LogP) is 2.85. The molecule has 3 nitrogen and oxygen atoms in total. The number of hydrogen-bond acceptors (Lipinski definition) is 3. The molecule has 0 unspecified atom stereocenters. The van der Waals surface area contributed by atoms with Gasteiger partial charge in [-0.25, -0.2) is 4.79 Å². The van der Waals surface area contributed by atoms with Gasteiger partial charge in [0, 0.05) is 5.57 Å². The number of carbonyl (C=O) groups is 1. The average Bonchev–Trinajstić information content (AvgIpc) is 2.04. The molecule has 78 valence electrons. The maximum absolute atomic E-state index is 11.2. The van der Waals surface area contributed by atoms with Gasteiger partial charge in [0.05, 0.1) is 0 Å². The monoisotopic (exact) mass is 187 g/mol. The molecule has 3 N–H and O–H groups in total. The first kappa shape index (κ1) is 14.7. The van der Waals surface area contributed by atoms with Gasteiger partial charge in [0.15, 0.2) is 0 Å². The molecule has 3 heteroatoms. The number of hydrogen-bond donors (Lipinski definition) is 1. The summed E-state index contributed by atoms with van der Waals surface area (Å²) in [5, 5.41) is 0. The minimum atomic E-state index is -0.323. The molecule has 0 amide bonds. The average molecular weight is 187 g/mol. The first-order valence-electron chi connectivity index (χ1n) is 4.34. The Balaban J connectivity index is 0. The third kappa shape index (κ3) is 4.68. The van der Waals surface area contributed by atoms with E-state index in [9.17, 15) is 4.79 Å². The maximum atomic E-state index is 11.2. The zero-order chi connectivity index (χ0) is 9.78. The van der Waals surface area contributed by atoms with Gasteiger partial charge in [0.2, 0.25) is 0 Å². The minimum absolute atomic E-state index is 0. The van der Waals surface area contributed by atoms with Crippen molar-refractivity contribution in [1.29, 1.82) is 0 Å². The van der Waals surface area contributed by atoms with E-state index in [1.54, 1.807) is 6.92 Å². The smallest absolute Gasteiger partial charge is 0.333 e. The van der Waals surface area contributed by atoms with Crippen LogP contribution in [0.25, 0.3) is 0 Å². The summed E-state index contributed by atoms with van der Waals surface area (Å²) in [6.45, 7) is 11.2. The van der Waals surface area contributed by atoms with Crippen LogP contribution in [0.2, 0.25) is 0 Å². The first-order valence-corrected chi connectivity index (χ1v) is 4.34. The Morgan fingerprint density at radius 2 is 1.77 bits per heavy atom. The van der Waals surface area contributed by atoms with E-state index < -0.39 is 0 Å². The standard InChI is InChI=1S/C10H18O2.H3N/c1-6-10(5,7-2)12-9(11)8(3)4;/h3,6-7H2,1-2,4-5H3;1H3. The van der Waals surface area contributed by atoms with Gasteiger partial charge in [-0.15, -0.1) is 0 Å². The van der Waals surface area contributed by atoms with E-state index in [0.717, 1.165) is 12.8 Å². The van der Waals surface area contributed by atoms with Crippen molar-refractivity contribution in [3.05, 3.63) is 12.2 Å². The van der Waals surface area contributed by atoms with Gasteiger partial charge in [-0.3, -0.25) is 0 Å². The van der Waals surface area contributed by atoms with Crippen LogP contribution >= 0.6 is 0 Å². The molecule has 0 radical (unpaired) electrons. The Hall–Kier alpha value is -0.830. The molecule has 0 aliphatic heterocycles. The van der Waals surface area contributed by atoms with Gasteiger partial charge in [-0.2, -0.15) is 0 Å². The largest absolute Gasteiger partial charge is 0.456 e. The summed E-state index contributed by atoms with van der Waals surface area (Å²) in [7, 11) is 0. The Kier molecular flexibility index (Phi) is 6.50. The van der Waals surface area contributed by atoms with Crippen molar-refractivity contribution >= 4 is 5.97 Å². The SMILES string of the molecule is C=C(C)C(=O)OC(C)(CC)CC.N. The summed E-state index contributed by atoms with van der Waals surface area (Å²) < 4.78 is 5.26. The fraction of sp³-hybridized carbons (Fsp3) is 0.700. The number of ether oxygens (including phenoxy) is 1. The van der Waals surface area contributed by atoms with E-state index in [1.807, 2.05) is 20.8 Å². The molecular weight excluding hydrogens is 166 g/mol. The first-order chi connectivity index (χ1) is 5.45. The van der Waals surface area contributed by atoms with Crippen molar-refractivity contribution < 1.29 is 9.53 Å². The quantitative estimate of drug-likeness (QED) is 0.543. The molecular formula is C10H21NO2. The van der Waals surface area contributed by atoms with E-state index in [2.05, 4.69) is 6.58 Å². The highest BCUT2D eigenvalue weighted by Gasteiger charge is 2.24. The van der Waals surface area contributed by atoms with Crippen LogP contribution < -0.4 is 6.15 Å². The normalized spacial score (nSPS) is 10.2. The Morgan fingerprint density at radius 3 is 2.00 bits per heavy atom. The molecule has 0 saturated heterocycles. The van der Waals surface area contributed by atoms with Crippen LogP contribution in [-0.2, 0) is 9.53 Å². The third-order valence-corrected chi connectivity index (χ3v) is 2.18. The predicted molar refractivity (Wildman–Crippen MR) is 54.9 cm³/mol.